The van der Waals surface area contributed by atoms with Gasteiger partial charge < -0.3 is 0 Å². The normalized spacial score (nSPS) is 13.0. The topological polar surface area (TPSA) is 55.9 Å². The molecule has 0 spiro atoms. The van der Waals surface area contributed by atoms with E-state index in [1.807, 2.05) is 17.8 Å². The van der Waals surface area contributed by atoms with Gasteiger partial charge in [-0.1, -0.05) is 44.4 Å². The minimum absolute atomic E-state index is 0.310. The number of nitrogens with one attached hydrogen (secondary N) is 1. The third kappa shape index (κ3) is 3.33. The van der Waals surface area contributed by atoms with Gasteiger partial charge in [-0.3, -0.25) is 16.0 Å². The van der Waals surface area contributed by atoms with Crippen molar-refractivity contribution >= 4 is 10.9 Å². The maximum Gasteiger partial charge on any atom is 0.0719 e. The number of para-hydroxylation sites is 1. The highest BCUT2D eigenvalue weighted by Crippen LogP contribution is 2.19. The molecule has 19 heavy (non-hydrogen) atoms. The summed E-state index contributed by atoms with van der Waals surface area (Å²) in [6.45, 7) is 2.22. The van der Waals surface area contributed by atoms with E-state index in [1.54, 1.807) is 0 Å². The molecule has 0 radical (unpaired) electrons. The summed E-state index contributed by atoms with van der Waals surface area (Å²) in [5.41, 5.74) is 5.25. The zero-order chi connectivity index (χ0) is 13.7. The summed E-state index contributed by atoms with van der Waals surface area (Å²) >= 11 is 0. The van der Waals surface area contributed by atoms with Crippen LogP contribution in [0.4, 0.5) is 0 Å². The highest BCUT2D eigenvalue weighted by molar-refractivity contribution is 5.81. The van der Waals surface area contributed by atoms with E-state index >= 15 is 0 Å². The molecule has 0 saturated carbocycles. The molecule has 0 aliphatic heterocycles. The number of nitrogens with two attached hydrogens (primary N) is 1. The average Bonchev–Trinajstić information content (AvgIpc) is 2.75. The fourth-order valence-corrected chi connectivity index (χ4v) is 2.56. The highest BCUT2D eigenvalue weighted by Gasteiger charge is 2.13. The lowest BCUT2D eigenvalue weighted by atomic mass is 10.0. The molecule has 0 aliphatic rings. The number of benzene rings is 1. The Balaban J connectivity index is 2.11. The van der Waals surface area contributed by atoms with E-state index in [0.717, 1.165) is 18.5 Å². The number of hydrazine groups is 1. The van der Waals surface area contributed by atoms with Crippen LogP contribution in [0.1, 0.15) is 38.3 Å². The van der Waals surface area contributed by atoms with Crippen molar-refractivity contribution in [2.75, 3.05) is 0 Å². The smallest absolute Gasteiger partial charge is 0.0719 e. The number of rotatable bonds is 7. The van der Waals surface area contributed by atoms with Gasteiger partial charge in [-0.25, -0.2) is 0 Å². The second-order valence-corrected chi connectivity index (χ2v) is 5.15. The fourth-order valence-electron chi connectivity index (χ4n) is 2.56. The van der Waals surface area contributed by atoms with E-state index in [1.165, 1.54) is 30.2 Å². The van der Waals surface area contributed by atoms with Crippen molar-refractivity contribution in [3.63, 3.8) is 0 Å². The lowest BCUT2D eigenvalue weighted by Gasteiger charge is -2.14. The van der Waals surface area contributed by atoms with Gasteiger partial charge >= 0.3 is 0 Å². The molecule has 1 atom stereocenters. The maximum absolute atomic E-state index is 5.67. The Labute approximate surface area is 114 Å². The van der Waals surface area contributed by atoms with Crippen molar-refractivity contribution in [2.45, 2.75) is 45.1 Å². The van der Waals surface area contributed by atoms with Crippen molar-refractivity contribution < 1.29 is 0 Å². The largest absolute Gasteiger partial charge is 0.271 e. The number of hydrogen-bond acceptors (Lipinski definition) is 3. The first-order chi connectivity index (χ1) is 9.26. The van der Waals surface area contributed by atoms with E-state index < -0.39 is 0 Å². The molecule has 4 nitrogen and oxygen atoms in total. The van der Waals surface area contributed by atoms with Crippen LogP contribution in [0.2, 0.25) is 0 Å². The zero-order valence-corrected chi connectivity index (χ0v) is 11.9. The first-order valence-electron chi connectivity index (χ1n) is 7.13. The van der Waals surface area contributed by atoms with Crippen LogP contribution >= 0.6 is 0 Å². The monoisotopic (exact) mass is 260 g/mol. The predicted molar refractivity (Wildman–Crippen MR) is 79.7 cm³/mol. The molecule has 1 aromatic heterocycles. The van der Waals surface area contributed by atoms with Crippen LogP contribution in [0.5, 0.6) is 0 Å². The van der Waals surface area contributed by atoms with E-state index in [0.29, 0.717) is 6.04 Å². The van der Waals surface area contributed by atoms with Crippen LogP contribution in [0.15, 0.2) is 24.3 Å². The van der Waals surface area contributed by atoms with Crippen LogP contribution in [-0.4, -0.2) is 15.8 Å². The van der Waals surface area contributed by atoms with Crippen molar-refractivity contribution in [1.82, 2.24) is 15.2 Å². The molecule has 2 aromatic rings. The maximum atomic E-state index is 5.67. The summed E-state index contributed by atoms with van der Waals surface area (Å²) in [6, 6.07) is 8.67. The molecular formula is C15H24N4. The van der Waals surface area contributed by atoms with Gasteiger partial charge in [0.1, 0.15) is 0 Å². The van der Waals surface area contributed by atoms with Crippen LogP contribution in [0.3, 0.4) is 0 Å². The molecule has 0 fully saturated rings. The third-order valence-electron chi connectivity index (χ3n) is 3.67. The average molecular weight is 260 g/mol. The first-order valence-corrected chi connectivity index (χ1v) is 7.13. The summed E-state index contributed by atoms with van der Waals surface area (Å²) in [4.78, 5) is 0. The standard InChI is InChI=1S/C15H24N4/c1-3-4-5-8-12(17-16)11-14-13-9-6-7-10-15(13)19(2)18-14/h6-7,9-10,12,17H,3-5,8,11,16H2,1-2H3. The van der Waals surface area contributed by atoms with Gasteiger partial charge in [0.25, 0.3) is 0 Å². The van der Waals surface area contributed by atoms with Crippen LogP contribution in [0, 0.1) is 0 Å². The van der Waals surface area contributed by atoms with Crippen LogP contribution < -0.4 is 11.3 Å². The molecule has 0 aliphatic carbocycles. The molecule has 4 heteroatoms. The van der Waals surface area contributed by atoms with Crippen LogP contribution in [-0.2, 0) is 13.5 Å². The van der Waals surface area contributed by atoms with Crippen molar-refractivity contribution in [3.05, 3.63) is 30.0 Å². The summed E-state index contributed by atoms with van der Waals surface area (Å²) in [7, 11) is 1.99. The summed E-state index contributed by atoms with van der Waals surface area (Å²) in [5, 5.41) is 5.86. The van der Waals surface area contributed by atoms with Crippen molar-refractivity contribution in [3.8, 4) is 0 Å². The molecule has 2 rings (SSSR count). The Kier molecular flexibility index (Phi) is 4.93. The summed E-state index contributed by atoms with van der Waals surface area (Å²) in [6.07, 6.45) is 5.72. The number of hydrogen-bond donors (Lipinski definition) is 2. The van der Waals surface area contributed by atoms with E-state index in [4.69, 9.17) is 5.84 Å². The Morgan fingerprint density at radius 2 is 2.11 bits per heavy atom. The van der Waals surface area contributed by atoms with Gasteiger partial charge in [-0.15, -0.1) is 0 Å². The van der Waals surface area contributed by atoms with Crippen molar-refractivity contribution in [1.29, 1.82) is 0 Å². The number of fused-ring (bicyclic) bond motifs is 1. The molecular weight excluding hydrogens is 236 g/mol. The van der Waals surface area contributed by atoms with Crippen molar-refractivity contribution in [2.24, 2.45) is 12.9 Å². The molecule has 1 aromatic carbocycles. The van der Waals surface area contributed by atoms with Gasteiger partial charge in [-0.2, -0.15) is 5.10 Å². The first kappa shape index (κ1) is 14.0. The van der Waals surface area contributed by atoms with Gasteiger partial charge in [-0.05, 0) is 12.5 Å². The lowest BCUT2D eigenvalue weighted by molar-refractivity contribution is 0.462. The van der Waals surface area contributed by atoms with E-state index in [9.17, 15) is 0 Å². The molecule has 1 unspecified atom stereocenters. The van der Waals surface area contributed by atoms with E-state index in [-0.39, 0.29) is 0 Å². The molecule has 3 N–H and O–H groups in total. The second kappa shape index (κ2) is 6.68. The number of nitrogens with zero attached hydrogens (tertiary/aromatic N) is 2. The molecule has 104 valence electrons. The van der Waals surface area contributed by atoms with Gasteiger partial charge in [0.05, 0.1) is 11.2 Å². The molecule has 0 saturated heterocycles. The lowest BCUT2D eigenvalue weighted by Crippen LogP contribution is -2.36. The highest BCUT2D eigenvalue weighted by atomic mass is 15.3. The number of aromatic nitrogens is 2. The third-order valence-corrected chi connectivity index (χ3v) is 3.67. The molecule has 1 heterocycles. The zero-order valence-electron chi connectivity index (χ0n) is 11.9. The van der Waals surface area contributed by atoms with Gasteiger partial charge in [0.2, 0.25) is 0 Å². The Morgan fingerprint density at radius 1 is 1.32 bits per heavy atom. The summed E-state index contributed by atoms with van der Waals surface area (Å²) < 4.78 is 1.95. The van der Waals surface area contributed by atoms with Gasteiger partial charge in [0, 0.05) is 24.9 Å². The molecule has 0 bridgehead atoms. The Bertz CT molecular complexity index is 518. The Morgan fingerprint density at radius 3 is 2.84 bits per heavy atom. The second-order valence-electron chi connectivity index (χ2n) is 5.15. The minimum atomic E-state index is 0.310. The number of aryl methyl sites for hydroxylation is 1. The van der Waals surface area contributed by atoms with E-state index in [2.05, 4.69) is 35.6 Å². The van der Waals surface area contributed by atoms with Crippen LogP contribution in [0.25, 0.3) is 10.9 Å². The Hall–Kier alpha value is -1.39. The summed E-state index contributed by atoms with van der Waals surface area (Å²) in [5.74, 6) is 5.67. The molecule has 0 amide bonds. The minimum Gasteiger partial charge on any atom is -0.271 e. The quantitative estimate of drug-likeness (QED) is 0.457. The fraction of sp³-hybridized carbons (Fsp3) is 0.533. The number of unbranched alkanes of at least 4 members (excludes halogenated alkanes) is 2. The predicted octanol–water partition coefficient (Wildman–Crippen LogP) is 2.53. The SMILES string of the molecule is CCCCCC(Cc1nn(C)c2ccccc12)NN. The van der Waals surface area contributed by atoms with Gasteiger partial charge in [0.15, 0.2) is 0 Å².